The second-order valence-electron chi connectivity index (χ2n) is 24.5. The maximum Gasteiger partial charge on any atom is 0.328 e. The van der Waals surface area contributed by atoms with Crippen molar-refractivity contribution in [3.8, 4) is 17.2 Å². The molecule has 89 heavy (non-hydrogen) atoms. The van der Waals surface area contributed by atoms with Crippen LogP contribution in [0.1, 0.15) is 123 Å². The van der Waals surface area contributed by atoms with Gasteiger partial charge in [0.25, 0.3) is 17.7 Å². The van der Waals surface area contributed by atoms with Gasteiger partial charge in [-0.15, -0.1) is 0 Å². The molecule has 8 heterocycles. The Morgan fingerprint density at radius 3 is 1.65 bits per heavy atom. The molecule has 11 amide bonds. The number of morpholine rings is 1. The maximum absolute atomic E-state index is 13.3. The molecule has 24 nitrogen and oxygen atoms in total. The van der Waals surface area contributed by atoms with Crippen LogP contribution in [0.5, 0.6) is 17.2 Å². The van der Waals surface area contributed by atoms with Crippen molar-refractivity contribution in [2.45, 2.75) is 121 Å². The van der Waals surface area contributed by atoms with Gasteiger partial charge in [-0.25, -0.2) is 14.4 Å². The minimum absolute atomic E-state index is 0.00774. The first-order valence-electron chi connectivity index (χ1n) is 31.8. The van der Waals surface area contributed by atoms with Crippen molar-refractivity contribution in [3.05, 3.63) is 84.1 Å². The van der Waals surface area contributed by atoms with Crippen molar-refractivity contribution in [3.63, 3.8) is 0 Å². The first-order chi connectivity index (χ1) is 43.1. The third-order valence-corrected chi connectivity index (χ3v) is 18.8. The predicted octanol–water partition coefficient (Wildman–Crippen LogP) is 6.32. The lowest BCUT2D eigenvalue weighted by molar-refractivity contribution is -0.137. The largest absolute Gasteiger partial charge is 0.495 e. The van der Waals surface area contributed by atoms with Crippen LogP contribution in [0.25, 0.3) is 0 Å². The van der Waals surface area contributed by atoms with Gasteiger partial charge in [-0.1, -0.05) is 25.8 Å². The highest BCUT2D eigenvalue weighted by Crippen LogP contribution is 2.41. The van der Waals surface area contributed by atoms with Crippen LogP contribution < -0.4 is 55.5 Å². The summed E-state index contributed by atoms with van der Waals surface area (Å²) in [6, 6.07) is 16.2. The van der Waals surface area contributed by atoms with Gasteiger partial charge >= 0.3 is 18.1 Å². The molecule has 24 heteroatoms. The van der Waals surface area contributed by atoms with Gasteiger partial charge in [-0.3, -0.25) is 49.3 Å². The highest BCUT2D eigenvalue weighted by molar-refractivity contribution is 6.07. The second-order valence-corrected chi connectivity index (χ2v) is 24.5. The van der Waals surface area contributed by atoms with Crippen LogP contribution in [0, 0.1) is 5.41 Å². The second kappa shape index (κ2) is 29.7. The number of amides is 11. The monoisotopic (exact) mass is 1230 g/mol. The molecule has 0 radical (unpaired) electrons. The van der Waals surface area contributed by atoms with E-state index in [-0.39, 0.29) is 73.3 Å². The zero-order valence-corrected chi connectivity index (χ0v) is 51.5. The summed E-state index contributed by atoms with van der Waals surface area (Å²) in [5.74, 6) is 0.986. The number of urea groups is 3. The fraction of sp³-hybridized carbons (Fsp3) is 0.569. The molecule has 12 rings (SSSR count). The number of hydrogen-bond acceptors (Lipinski definition) is 15. The molecular formula is C65H87N11O13. The van der Waals surface area contributed by atoms with Crippen molar-refractivity contribution in [1.29, 1.82) is 0 Å². The number of carbonyl (C=O) groups is 8. The molecule has 0 aromatic heterocycles. The molecule has 0 atom stereocenters. The first kappa shape index (κ1) is 64.2. The highest BCUT2D eigenvalue weighted by atomic mass is 16.5. The van der Waals surface area contributed by atoms with E-state index in [9.17, 15) is 38.4 Å². The van der Waals surface area contributed by atoms with Crippen molar-refractivity contribution in [2.75, 3.05) is 127 Å². The summed E-state index contributed by atoms with van der Waals surface area (Å²) in [6.07, 6.45) is 16.1. The lowest BCUT2D eigenvalue weighted by Gasteiger charge is -2.45. The van der Waals surface area contributed by atoms with Crippen LogP contribution in [-0.4, -0.2) is 193 Å². The number of benzene rings is 3. The topological polar surface area (TPSA) is 262 Å². The van der Waals surface area contributed by atoms with Crippen LogP contribution in [0.3, 0.4) is 0 Å². The van der Waals surface area contributed by atoms with E-state index >= 15 is 0 Å². The summed E-state index contributed by atoms with van der Waals surface area (Å²) in [7, 11) is 3.08. The van der Waals surface area contributed by atoms with Crippen molar-refractivity contribution in [1.82, 2.24) is 41.3 Å². The highest BCUT2D eigenvalue weighted by Gasteiger charge is 2.41. The molecule has 0 bridgehead atoms. The Balaban J connectivity index is 0.000000147. The Bertz CT molecular complexity index is 3050. The molecule has 1 aliphatic carbocycles. The van der Waals surface area contributed by atoms with Crippen molar-refractivity contribution in [2.24, 2.45) is 5.41 Å². The van der Waals surface area contributed by atoms with E-state index in [1.54, 1.807) is 72.7 Å². The molecule has 9 aliphatic rings. The quantitative estimate of drug-likeness (QED) is 0.133. The first-order valence-corrected chi connectivity index (χ1v) is 31.8. The van der Waals surface area contributed by atoms with Crippen LogP contribution in [0.4, 0.5) is 31.4 Å². The van der Waals surface area contributed by atoms with Gasteiger partial charge in [-0.05, 0) is 156 Å². The van der Waals surface area contributed by atoms with Gasteiger partial charge in [0.1, 0.15) is 17.2 Å². The smallest absolute Gasteiger partial charge is 0.328 e. The molecule has 5 N–H and O–H groups in total. The number of piperidine rings is 4. The van der Waals surface area contributed by atoms with Crippen LogP contribution in [0.2, 0.25) is 0 Å². The predicted molar refractivity (Wildman–Crippen MR) is 332 cm³/mol. The number of anilines is 3. The lowest BCUT2D eigenvalue weighted by atomic mass is 9.71. The minimum atomic E-state index is -0.491. The summed E-state index contributed by atoms with van der Waals surface area (Å²) in [4.78, 5) is 108. The molecule has 8 aliphatic heterocycles. The number of ether oxygens (including phenoxy) is 5. The van der Waals surface area contributed by atoms with E-state index in [1.165, 1.54) is 61.9 Å². The van der Waals surface area contributed by atoms with Gasteiger partial charge in [0.15, 0.2) is 6.61 Å². The Labute approximate surface area is 520 Å². The van der Waals surface area contributed by atoms with Gasteiger partial charge in [0, 0.05) is 94.1 Å². The number of nitrogens with zero attached hydrogens (tertiary/aromatic N) is 6. The summed E-state index contributed by atoms with van der Waals surface area (Å²) in [5, 5.41) is 14.1. The molecule has 9 fully saturated rings. The summed E-state index contributed by atoms with van der Waals surface area (Å²) in [6.45, 7) is 13.5. The summed E-state index contributed by atoms with van der Waals surface area (Å²) < 4.78 is 28.8. The third-order valence-electron chi connectivity index (χ3n) is 18.8. The Kier molecular flexibility index (Phi) is 21.4. The lowest BCUT2D eigenvalue weighted by Crippen LogP contribution is -2.57. The molecule has 3 aromatic rings. The zero-order valence-electron chi connectivity index (χ0n) is 51.5. The number of rotatable bonds is 12. The fourth-order valence-corrected chi connectivity index (χ4v) is 13.4. The van der Waals surface area contributed by atoms with Crippen molar-refractivity contribution >= 4 is 64.7 Å². The Morgan fingerprint density at radius 2 is 1.09 bits per heavy atom. The average Bonchev–Trinajstić information content (AvgIpc) is 2.38. The molecule has 8 saturated heterocycles. The molecule has 3 aromatic carbocycles. The van der Waals surface area contributed by atoms with E-state index in [2.05, 4.69) is 33.2 Å². The zero-order chi connectivity index (χ0) is 62.5. The van der Waals surface area contributed by atoms with Crippen LogP contribution in [-0.2, 0) is 23.9 Å². The molecule has 480 valence electrons. The summed E-state index contributed by atoms with van der Waals surface area (Å²) >= 11 is 0. The molecule has 2 spiro atoms. The number of imide groups is 2. The van der Waals surface area contributed by atoms with Gasteiger partial charge in [-0.2, -0.15) is 0 Å². The normalized spacial score (nSPS) is 21.6. The fourth-order valence-electron chi connectivity index (χ4n) is 13.4. The van der Waals surface area contributed by atoms with E-state index in [1.807, 2.05) is 14.7 Å². The number of hydrogen-bond donors (Lipinski definition) is 5. The minimum Gasteiger partial charge on any atom is -0.495 e. The van der Waals surface area contributed by atoms with Gasteiger partial charge in [0.2, 0.25) is 11.8 Å². The van der Waals surface area contributed by atoms with Crippen LogP contribution >= 0.6 is 0 Å². The average molecular weight is 1230 g/mol. The van der Waals surface area contributed by atoms with E-state index in [0.29, 0.717) is 115 Å². The SMILES string of the molecule is C=C1CCN(c2cc(C(=O)N3CCOC4(CCNCC4)C3)ccc2OC)C(=O)N1.COc1ccc(C(=O)N2CCC3(CCNCC3)CC2)cc1N1CCC(=O)NC1=O.O=C1CCN(c2ccc(OCC(=O)N3CCC(OC4CCCCC4)CC3)cc2)C(=O)N1. The van der Waals surface area contributed by atoms with Gasteiger partial charge in [0.05, 0.1) is 56.6 Å². The van der Waals surface area contributed by atoms with Crippen LogP contribution in [0.15, 0.2) is 72.9 Å². The maximum atomic E-state index is 13.3. The summed E-state index contributed by atoms with van der Waals surface area (Å²) in [5.41, 5.74) is 3.69. The third kappa shape index (κ3) is 16.2. The number of carbonyl (C=O) groups excluding carboxylic acids is 8. The molecule has 1 saturated carbocycles. The number of nitrogens with one attached hydrogen (secondary N) is 5. The van der Waals surface area contributed by atoms with Gasteiger partial charge < -0.3 is 54.3 Å². The number of likely N-dealkylation sites (tertiary alicyclic amines) is 2. The Morgan fingerprint density at radius 1 is 0.562 bits per heavy atom. The van der Waals surface area contributed by atoms with E-state index < -0.39 is 12.1 Å². The van der Waals surface area contributed by atoms with Crippen molar-refractivity contribution < 1.29 is 62.0 Å². The standard InChI is InChI=1S/C23H31N3O5.2C21H28N4O4/c27-21-12-15-26(23(29)24-21)17-6-8-18(9-7-17)30-16-22(28)25-13-10-20(11-14-25)31-19-4-2-1-3-5-19;1-15-5-10-25(20(27)23-15)17-13-16(3-4-18(17)28-2)19(26)24-11-12-29-21(14-24)6-8-22-9-7-21;1-29-17-3-2-15(14-16(17)25-11-4-18(26)23-20(25)28)19(27)24-12-7-21(8-13-24)5-9-22-10-6-21/h6-9,19-20H,1-5,10-16H2,(H,24,27,29);3-4,13,22H,1,5-12,14H2,2H3,(H,23,27);2-3,14,22H,4-13H2,1H3,(H,23,26,28). The van der Waals surface area contributed by atoms with E-state index in [0.717, 1.165) is 77.8 Å². The number of methoxy groups -OCH3 is 2. The Hall–Kier alpha value is -7.80. The van der Waals surface area contributed by atoms with E-state index in [4.69, 9.17) is 23.7 Å². The molecule has 0 unspecified atom stereocenters. The molecular weight excluding hydrogens is 1140 g/mol.